The molecule has 0 saturated heterocycles. The highest BCUT2D eigenvalue weighted by Gasteiger charge is 2.20. The average molecular weight is 393 g/mol. The summed E-state index contributed by atoms with van der Waals surface area (Å²) < 4.78 is 22.0. The number of aromatic nitrogens is 3. The van der Waals surface area contributed by atoms with Gasteiger partial charge in [-0.1, -0.05) is 30.3 Å². The van der Waals surface area contributed by atoms with Crippen LogP contribution in [-0.4, -0.2) is 14.5 Å². The second-order valence-corrected chi connectivity index (χ2v) is 7.39. The number of benzene rings is 3. The van der Waals surface area contributed by atoms with E-state index in [9.17, 15) is 4.39 Å². The van der Waals surface area contributed by atoms with E-state index in [-0.39, 0.29) is 5.82 Å². The SMILES string of the molecule is Cc1cnc2nc(-c3cccc4c3oc3cc(F)ccc34)n(-c3ccccc3)c2c1. The Hall–Kier alpha value is -3.99. The molecule has 4 nitrogen and oxygen atoms in total. The summed E-state index contributed by atoms with van der Waals surface area (Å²) in [5, 5.41) is 1.81. The summed E-state index contributed by atoms with van der Waals surface area (Å²) in [6.45, 7) is 2.02. The van der Waals surface area contributed by atoms with Crippen LogP contribution < -0.4 is 0 Å². The molecule has 0 atom stereocenters. The van der Waals surface area contributed by atoms with Crippen molar-refractivity contribution in [3.63, 3.8) is 0 Å². The van der Waals surface area contributed by atoms with Crippen LogP contribution >= 0.6 is 0 Å². The largest absolute Gasteiger partial charge is 0.455 e. The highest BCUT2D eigenvalue weighted by Crippen LogP contribution is 2.37. The molecule has 0 unspecified atom stereocenters. The quantitative estimate of drug-likeness (QED) is 0.340. The van der Waals surface area contributed by atoms with Crippen molar-refractivity contribution >= 4 is 33.1 Å². The molecule has 0 fully saturated rings. The lowest BCUT2D eigenvalue weighted by Crippen LogP contribution is -1.97. The number of furan rings is 1. The van der Waals surface area contributed by atoms with Crippen LogP contribution in [0.15, 0.2) is 83.4 Å². The number of nitrogens with zero attached hydrogens (tertiary/aromatic N) is 3. The molecule has 6 aromatic rings. The molecule has 0 aliphatic rings. The zero-order valence-electron chi connectivity index (χ0n) is 16.1. The van der Waals surface area contributed by atoms with Crippen molar-refractivity contribution in [3.05, 3.63) is 90.4 Å². The molecule has 0 saturated carbocycles. The van der Waals surface area contributed by atoms with E-state index < -0.39 is 0 Å². The van der Waals surface area contributed by atoms with Crippen LogP contribution in [0.3, 0.4) is 0 Å². The lowest BCUT2D eigenvalue weighted by atomic mass is 10.1. The number of imidazole rings is 1. The second kappa shape index (κ2) is 6.26. The molecule has 0 spiro atoms. The van der Waals surface area contributed by atoms with Crippen LogP contribution in [0, 0.1) is 12.7 Å². The fraction of sp³-hybridized carbons (Fsp3) is 0.0400. The van der Waals surface area contributed by atoms with Gasteiger partial charge in [-0.2, -0.15) is 0 Å². The van der Waals surface area contributed by atoms with Gasteiger partial charge in [0, 0.05) is 28.7 Å². The highest BCUT2D eigenvalue weighted by molar-refractivity contribution is 6.09. The number of hydrogen-bond acceptors (Lipinski definition) is 3. The van der Waals surface area contributed by atoms with Gasteiger partial charge in [-0.3, -0.25) is 4.57 Å². The van der Waals surface area contributed by atoms with Crippen LogP contribution in [-0.2, 0) is 0 Å². The molecule has 0 N–H and O–H groups in total. The van der Waals surface area contributed by atoms with Gasteiger partial charge in [0.1, 0.15) is 17.0 Å². The fourth-order valence-corrected chi connectivity index (χ4v) is 4.03. The minimum Gasteiger partial charge on any atom is -0.455 e. The van der Waals surface area contributed by atoms with Gasteiger partial charge in [-0.15, -0.1) is 0 Å². The Morgan fingerprint density at radius 2 is 1.77 bits per heavy atom. The van der Waals surface area contributed by atoms with E-state index in [0.29, 0.717) is 16.8 Å². The molecule has 0 bridgehead atoms. The minimum absolute atomic E-state index is 0.320. The zero-order chi connectivity index (χ0) is 20.2. The Morgan fingerprint density at radius 3 is 2.63 bits per heavy atom. The van der Waals surface area contributed by atoms with E-state index in [0.717, 1.165) is 38.9 Å². The predicted molar refractivity (Wildman–Crippen MR) is 116 cm³/mol. The summed E-state index contributed by atoms with van der Waals surface area (Å²) in [4.78, 5) is 9.39. The standard InChI is InChI=1S/C25H16FN3O/c1-15-12-21-24(27-14-15)28-25(29(21)17-6-3-2-4-7-17)20-9-5-8-19-18-11-10-16(26)13-22(18)30-23(19)20/h2-14H,1H3. The monoisotopic (exact) mass is 393 g/mol. The topological polar surface area (TPSA) is 43.9 Å². The molecular formula is C25H16FN3O. The Morgan fingerprint density at radius 1 is 0.900 bits per heavy atom. The Bertz CT molecular complexity index is 1560. The molecule has 3 heterocycles. The number of fused-ring (bicyclic) bond motifs is 4. The third kappa shape index (κ3) is 2.45. The molecule has 0 aliphatic carbocycles. The van der Waals surface area contributed by atoms with E-state index in [1.807, 2.05) is 61.7 Å². The number of rotatable bonds is 2. The fourth-order valence-electron chi connectivity index (χ4n) is 4.03. The predicted octanol–water partition coefficient (Wildman–Crippen LogP) is 6.43. The Balaban J connectivity index is 1.73. The molecule has 5 heteroatoms. The van der Waals surface area contributed by atoms with Crippen molar-refractivity contribution in [2.75, 3.05) is 0 Å². The highest BCUT2D eigenvalue weighted by atomic mass is 19.1. The van der Waals surface area contributed by atoms with Gasteiger partial charge in [0.15, 0.2) is 11.5 Å². The molecule has 0 amide bonds. The molecule has 3 aromatic carbocycles. The Labute approximate surface area is 171 Å². The number of pyridine rings is 1. The van der Waals surface area contributed by atoms with Crippen molar-refractivity contribution in [1.29, 1.82) is 0 Å². The summed E-state index contributed by atoms with van der Waals surface area (Å²) in [6, 6.07) is 22.7. The first-order valence-corrected chi connectivity index (χ1v) is 9.71. The van der Waals surface area contributed by atoms with E-state index in [2.05, 4.69) is 15.6 Å². The summed E-state index contributed by atoms with van der Waals surface area (Å²) in [6.07, 6.45) is 1.82. The van der Waals surface area contributed by atoms with E-state index >= 15 is 0 Å². The lowest BCUT2D eigenvalue weighted by molar-refractivity contribution is 0.618. The van der Waals surface area contributed by atoms with Crippen molar-refractivity contribution in [2.24, 2.45) is 0 Å². The van der Waals surface area contributed by atoms with Crippen molar-refractivity contribution in [2.45, 2.75) is 6.92 Å². The Kier molecular flexibility index (Phi) is 3.53. The second-order valence-electron chi connectivity index (χ2n) is 7.39. The number of halogens is 1. The molecule has 3 aromatic heterocycles. The van der Waals surface area contributed by atoms with Gasteiger partial charge >= 0.3 is 0 Å². The van der Waals surface area contributed by atoms with Gasteiger partial charge in [-0.05, 0) is 48.9 Å². The number of aryl methyl sites for hydroxylation is 1. The third-order valence-electron chi connectivity index (χ3n) is 5.36. The van der Waals surface area contributed by atoms with Crippen molar-refractivity contribution < 1.29 is 8.81 Å². The first-order chi connectivity index (χ1) is 14.7. The van der Waals surface area contributed by atoms with E-state index in [1.165, 1.54) is 12.1 Å². The van der Waals surface area contributed by atoms with Crippen LogP contribution in [0.2, 0.25) is 0 Å². The van der Waals surface area contributed by atoms with Gasteiger partial charge < -0.3 is 4.42 Å². The van der Waals surface area contributed by atoms with Gasteiger partial charge in [0.2, 0.25) is 0 Å². The van der Waals surface area contributed by atoms with E-state index in [4.69, 9.17) is 9.40 Å². The van der Waals surface area contributed by atoms with Gasteiger partial charge in [0.25, 0.3) is 0 Å². The summed E-state index contributed by atoms with van der Waals surface area (Å²) in [5.74, 6) is 0.415. The summed E-state index contributed by atoms with van der Waals surface area (Å²) >= 11 is 0. The smallest absolute Gasteiger partial charge is 0.178 e. The molecule has 144 valence electrons. The van der Waals surface area contributed by atoms with Crippen molar-refractivity contribution in [1.82, 2.24) is 14.5 Å². The molecule has 6 rings (SSSR count). The van der Waals surface area contributed by atoms with Crippen LogP contribution in [0.25, 0.3) is 50.2 Å². The molecule has 0 aliphatic heterocycles. The summed E-state index contributed by atoms with van der Waals surface area (Å²) in [5.41, 5.74) is 5.68. The number of para-hydroxylation sites is 2. The molecule has 0 radical (unpaired) electrons. The minimum atomic E-state index is -0.320. The van der Waals surface area contributed by atoms with Crippen molar-refractivity contribution in [3.8, 4) is 17.1 Å². The van der Waals surface area contributed by atoms with Crippen LogP contribution in [0.4, 0.5) is 4.39 Å². The van der Waals surface area contributed by atoms with Gasteiger partial charge in [-0.25, -0.2) is 14.4 Å². The molecular weight excluding hydrogens is 377 g/mol. The third-order valence-corrected chi connectivity index (χ3v) is 5.36. The maximum atomic E-state index is 13.8. The normalized spacial score (nSPS) is 11.7. The van der Waals surface area contributed by atoms with Crippen LogP contribution in [0.1, 0.15) is 5.56 Å². The summed E-state index contributed by atoms with van der Waals surface area (Å²) in [7, 11) is 0. The van der Waals surface area contributed by atoms with Gasteiger partial charge in [0.05, 0.1) is 11.1 Å². The zero-order valence-corrected chi connectivity index (χ0v) is 16.1. The average Bonchev–Trinajstić information content (AvgIpc) is 3.31. The molecule has 30 heavy (non-hydrogen) atoms. The number of hydrogen-bond donors (Lipinski definition) is 0. The maximum absolute atomic E-state index is 13.8. The maximum Gasteiger partial charge on any atom is 0.178 e. The first kappa shape index (κ1) is 16.9. The van der Waals surface area contributed by atoms with E-state index in [1.54, 1.807) is 6.07 Å². The van der Waals surface area contributed by atoms with Crippen LogP contribution in [0.5, 0.6) is 0 Å². The first-order valence-electron chi connectivity index (χ1n) is 9.71. The lowest BCUT2D eigenvalue weighted by Gasteiger charge is -2.10.